The lowest BCUT2D eigenvalue weighted by Crippen LogP contribution is -2.41. The quantitative estimate of drug-likeness (QED) is 0.636. The number of carbonyl (C=O) groups excluding carboxylic acids is 1. The summed E-state index contributed by atoms with van der Waals surface area (Å²) in [6, 6.07) is 0. The van der Waals surface area contributed by atoms with Crippen LogP contribution in [0.2, 0.25) is 0 Å². The molecule has 0 unspecified atom stereocenters. The van der Waals surface area contributed by atoms with Crippen LogP contribution in [-0.4, -0.2) is 43.0 Å². The molecular formula is C15H27NO5. The van der Waals surface area contributed by atoms with E-state index in [0.29, 0.717) is 26.1 Å². The van der Waals surface area contributed by atoms with Crippen molar-refractivity contribution in [3.05, 3.63) is 0 Å². The Hall–Kier alpha value is -1.14. The molecule has 2 N–H and O–H groups in total. The number of aliphatic carboxylic acids is 1. The summed E-state index contributed by atoms with van der Waals surface area (Å²) >= 11 is 0. The molecule has 1 aliphatic carbocycles. The maximum atomic E-state index is 12.0. The second-order valence-electron chi connectivity index (χ2n) is 5.47. The normalized spacial score (nSPS) is 17.7. The number of hydrogen-bond acceptors (Lipinski definition) is 4. The van der Waals surface area contributed by atoms with Crippen molar-refractivity contribution in [3.63, 3.8) is 0 Å². The first-order chi connectivity index (χ1) is 10.0. The second kappa shape index (κ2) is 9.00. The Morgan fingerprint density at radius 3 is 2.19 bits per heavy atom. The zero-order chi connectivity index (χ0) is 15.7. The van der Waals surface area contributed by atoms with Crippen molar-refractivity contribution in [2.45, 2.75) is 58.7 Å². The Bertz CT molecular complexity index is 333. The van der Waals surface area contributed by atoms with E-state index in [-0.39, 0.29) is 18.9 Å². The molecule has 0 spiro atoms. The van der Waals surface area contributed by atoms with Gasteiger partial charge in [-0.2, -0.15) is 0 Å². The van der Waals surface area contributed by atoms with E-state index in [2.05, 4.69) is 5.32 Å². The van der Waals surface area contributed by atoms with Crippen LogP contribution in [0.1, 0.15) is 52.4 Å². The van der Waals surface area contributed by atoms with Gasteiger partial charge in [0.15, 0.2) is 6.29 Å². The summed E-state index contributed by atoms with van der Waals surface area (Å²) in [7, 11) is 0. The molecule has 6 nitrogen and oxygen atoms in total. The van der Waals surface area contributed by atoms with Gasteiger partial charge in [-0.3, -0.25) is 9.59 Å². The average Bonchev–Trinajstić information content (AvgIpc) is 2.46. The van der Waals surface area contributed by atoms with E-state index in [1.165, 1.54) is 0 Å². The summed E-state index contributed by atoms with van der Waals surface area (Å²) in [4.78, 5) is 23.6. The number of nitrogens with one attached hydrogen (secondary N) is 1. The third kappa shape index (κ3) is 5.63. The van der Waals surface area contributed by atoms with Gasteiger partial charge in [0.05, 0.1) is 12.0 Å². The Kier molecular flexibility index (Phi) is 7.67. The van der Waals surface area contributed by atoms with Crippen molar-refractivity contribution in [2.75, 3.05) is 19.8 Å². The van der Waals surface area contributed by atoms with Crippen molar-refractivity contribution in [3.8, 4) is 0 Å². The minimum absolute atomic E-state index is 0.0350. The van der Waals surface area contributed by atoms with Gasteiger partial charge >= 0.3 is 5.97 Å². The van der Waals surface area contributed by atoms with Crippen LogP contribution in [0, 0.1) is 5.41 Å². The Morgan fingerprint density at radius 1 is 1.14 bits per heavy atom. The molecule has 1 rings (SSSR count). The lowest BCUT2D eigenvalue weighted by Gasteiger charge is -2.32. The zero-order valence-corrected chi connectivity index (χ0v) is 13.0. The molecule has 1 aliphatic rings. The smallest absolute Gasteiger partial charge is 0.310 e. The Labute approximate surface area is 126 Å². The molecule has 0 atom stereocenters. The van der Waals surface area contributed by atoms with E-state index in [1.807, 2.05) is 13.8 Å². The minimum Gasteiger partial charge on any atom is -0.481 e. The van der Waals surface area contributed by atoms with Crippen LogP contribution in [-0.2, 0) is 19.1 Å². The first-order valence-electron chi connectivity index (χ1n) is 7.77. The van der Waals surface area contributed by atoms with Gasteiger partial charge in [0.2, 0.25) is 5.91 Å². The number of carbonyl (C=O) groups is 2. The maximum Gasteiger partial charge on any atom is 0.310 e. The summed E-state index contributed by atoms with van der Waals surface area (Å²) in [5.41, 5.74) is -0.894. The van der Waals surface area contributed by atoms with Crippen LogP contribution in [0.4, 0.5) is 0 Å². The van der Waals surface area contributed by atoms with E-state index >= 15 is 0 Å². The molecule has 122 valence electrons. The molecule has 0 aromatic heterocycles. The van der Waals surface area contributed by atoms with Gasteiger partial charge in [0.1, 0.15) is 0 Å². The van der Waals surface area contributed by atoms with Gasteiger partial charge in [-0.15, -0.1) is 0 Å². The number of amides is 1. The highest BCUT2D eigenvalue weighted by molar-refractivity contribution is 5.85. The van der Waals surface area contributed by atoms with Crippen LogP contribution >= 0.6 is 0 Å². The minimum atomic E-state index is -0.894. The van der Waals surface area contributed by atoms with E-state index in [9.17, 15) is 14.7 Å². The first-order valence-corrected chi connectivity index (χ1v) is 7.77. The molecule has 1 fully saturated rings. The fourth-order valence-corrected chi connectivity index (χ4v) is 2.80. The van der Waals surface area contributed by atoms with Gasteiger partial charge in [-0.1, -0.05) is 19.3 Å². The number of rotatable bonds is 9. The fraction of sp³-hybridized carbons (Fsp3) is 0.867. The van der Waals surface area contributed by atoms with Crippen molar-refractivity contribution in [1.82, 2.24) is 5.32 Å². The summed E-state index contributed by atoms with van der Waals surface area (Å²) in [6.45, 7) is 4.96. The van der Waals surface area contributed by atoms with E-state index in [4.69, 9.17) is 9.47 Å². The zero-order valence-electron chi connectivity index (χ0n) is 13.0. The second-order valence-corrected chi connectivity index (χ2v) is 5.47. The molecule has 0 saturated heterocycles. The lowest BCUT2D eigenvalue weighted by atomic mass is 9.71. The Balaban J connectivity index is 2.48. The number of carboxylic acids is 1. The predicted octanol–water partition coefficient (Wildman–Crippen LogP) is 1.93. The topological polar surface area (TPSA) is 84.9 Å². The lowest BCUT2D eigenvalue weighted by molar-refractivity contribution is -0.155. The molecule has 0 aliphatic heterocycles. The fourth-order valence-electron chi connectivity index (χ4n) is 2.80. The SMILES string of the molecule is CCOC(CNC(=O)CC1(C(=O)O)CCCCC1)OCC. The van der Waals surface area contributed by atoms with Gasteiger partial charge in [0, 0.05) is 19.6 Å². The Morgan fingerprint density at radius 2 is 1.71 bits per heavy atom. The van der Waals surface area contributed by atoms with Gasteiger partial charge in [-0.05, 0) is 26.7 Å². The highest BCUT2D eigenvalue weighted by Gasteiger charge is 2.41. The monoisotopic (exact) mass is 301 g/mol. The van der Waals surface area contributed by atoms with Crippen molar-refractivity contribution in [1.29, 1.82) is 0 Å². The molecule has 0 bridgehead atoms. The molecular weight excluding hydrogens is 274 g/mol. The number of hydrogen-bond donors (Lipinski definition) is 2. The number of carboxylic acid groups (broad SMARTS) is 1. The highest BCUT2D eigenvalue weighted by atomic mass is 16.7. The molecule has 1 saturated carbocycles. The number of ether oxygens (including phenoxy) is 2. The summed E-state index contributed by atoms with van der Waals surface area (Å²) in [6.07, 6.45) is 3.52. The van der Waals surface area contributed by atoms with E-state index in [1.54, 1.807) is 0 Å². The third-order valence-corrected chi connectivity index (χ3v) is 3.93. The van der Waals surface area contributed by atoms with Crippen LogP contribution in [0.5, 0.6) is 0 Å². The summed E-state index contributed by atoms with van der Waals surface area (Å²) in [5, 5.41) is 12.2. The molecule has 0 radical (unpaired) electrons. The molecule has 0 aromatic rings. The van der Waals surface area contributed by atoms with Gasteiger partial charge in [-0.25, -0.2) is 0 Å². The van der Waals surface area contributed by atoms with Crippen LogP contribution in [0.15, 0.2) is 0 Å². The third-order valence-electron chi connectivity index (χ3n) is 3.93. The standard InChI is InChI=1S/C15H27NO5/c1-3-20-13(21-4-2)11-16-12(17)10-15(14(18)19)8-6-5-7-9-15/h13H,3-11H2,1-2H3,(H,16,17)(H,18,19). The van der Waals surface area contributed by atoms with Gasteiger partial charge < -0.3 is 19.9 Å². The summed E-state index contributed by atoms with van der Waals surface area (Å²) < 4.78 is 10.7. The maximum absolute atomic E-state index is 12.0. The highest BCUT2D eigenvalue weighted by Crippen LogP contribution is 2.39. The molecule has 0 aromatic carbocycles. The van der Waals surface area contributed by atoms with Gasteiger partial charge in [0.25, 0.3) is 0 Å². The summed E-state index contributed by atoms with van der Waals surface area (Å²) in [5.74, 6) is -1.10. The van der Waals surface area contributed by atoms with Crippen LogP contribution < -0.4 is 5.32 Å². The van der Waals surface area contributed by atoms with E-state index < -0.39 is 17.7 Å². The molecule has 0 heterocycles. The van der Waals surface area contributed by atoms with Crippen LogP contribution in [0.25, 0.3) is 0 Å². The van der Waals surface area contributed by atoms with Crippen molar-refractivity contribution < 1.29 is 24.2 Å². The van der Waals surface area contributed by atoms with Crippen molar-refractivity contribution >= 4 is 11.9 Å². The first kappa shape index (κ1) is 17.9. The van der Waals surface area contributed by atoms with Crippen molar-refractivity contribution in [2.24, 2.45) is 5.41 Å². The van der Waals surface area contributed by atoms with E-state index in [0.717, 1.165) is 19.3 Å². The molecule has 21 heavy (non-hydrogen) atoms. The van der Waals surface area contributed by atoms with Crippen LogP contribution in [0.3, 0.4) is 0 Å². The average molecular weight is 301 g/mol. The molecule has 6 heteroatoms. The predicted molar refractivity (Wildman–Crippen MR) is 77.8 cm³/mol. The largest absolute Gasteiger partial charge is 0.481 e. The molecule has 1 amide bonds.